The highest BCUT2D eigenvalue weighted by Gasteiger charge is 2.20. The van der Waals surface area contributed by atoms with Gasteiger partial charge in [-0.3, -0.25) is 0 Å². The van der Waals surface area contributed by atoms with Crippen molar-refractivity contribution < 1.29 is 0 Å². The molecule has 1 aliphatic carbocycles. The lowest BCUT2D eigenvalue weighted by Gasteiger charge is -2.27. The Balaban J connectivity index is 1.58. The van der Waals surface area contributed by atoms with Crippen molar-refractivity contribution in [1.29, 1.82) is 0 Å². The van der Waals surface area contributed by atoms with Crippen molar-refractivity contribution in [3.8, 4) is 0 Å². The van der Waals surface area contributed by atoms with E-state index in [1.54, 1.807) is 0 Å². The third-order valence-electron chi connectivity index (χ3n) is 4.71. The molecule has 0 saturated heterocycles. The summed E-state index contributed by atoms with van der Waals surface area (Å²) in [6.45, 7) is 2.23. The summed E-state index contributed by atoms with van der Waals surface area (Å²) >= 11 is 5.53. The van der Waals surface area contributed by atoms with Crippen LogP contribution in [-0.4, -0.2) is 5.11 Å². The fraction of sp³-hybridized carbons (Fsp3) is 0.381. The summed E-state index contributed by atoms with van der Waals surface area (Å²) in [6.07, 6.45) is 7.15. The summed E-state index contributed by atoms with van der Waals surface area (Å²) in [6, 6.07) is 17.6. The first-order chi connectivity index (χ1) is 11.8. The van der Waals surface area contributed by atoms with E-state index in [1.807, 2.05) is 0 Å². The summed E-state index contributed by atoms with van der Waals surface area (Å²) in [4.78, 5) is 0. The molecular formula is C21H26N2S. The number of thiocarbonyl (C=S) groups is 1. The number of aryl methyl sites for hydroxylation is 2. The molecule has 0 bridgehead atoms. The molecule has 0 spiro atoms. The van der Waals surface area contributed by atoms with Crippen molar-refractivity contribution in [2.75, 3.05) is 5.32 Å². The van der Waals surface area contributed by atoms with Crippen LogP contribution in [0.15, 0.2) is 48.5 Å². The Morgan fingerprint density at radius 3 is 2.71 bits per heavy atom. The van der Waals surface area contributed by atoms with Gasteiger partial charge in [0, 0.05) is 5.69 Å². The quantitative estimate of drug-likeness (QED) is 0.714. The van der Waals surface area contributed by atoms with E-state index in [0.717, 1.165) is 18.5 Å². The van der Waals surface area contributed by atoms with Crippen LogP contribution in [0.3, 0.4) is 0 Å². The molecule has 24 heavy (non-hydrogen) atoms. The number of rotatable bonds is 5. The molecule has 1 unspecified atom stereocenters. The topological polar surface area (TPSA) is 24.1 Å². The summed E-state index contributed by atoms with van der Waals surface area (Å²) < 4.78 is 0. The third kappa shape index (κ3) is 4.35. The predicted molar refractivity (Wildman–Crippen MR) is 107 cm³/mol. The predicted octanol–water partition coefficient (Wildman–Crippen LogP) is 5.39. The van der Waals surface area contributed by atoms with Gasteiger partial charge in [0.05, 0.1) is 6.04 Å². The van der Waals surface area contributed by atoms with Gasteiger partial charge in [-0.2, -0.15) is 0 Å². The van der Waals surface area contributed by atoms with Crippen LogP contribution in [0.25, 0.3) is 0 Å². The Hall–Kier alpha value is -1.87. The van der Waals surface area contributed by atoms with E-state index in [0.29, 0.717) is 11.2 Å². The largest absolute Gasteiger partial charge is 0.356 e. The average Bonchev–Trinajstić information content (AvgIpc) is 2.61. The fourth-order valence-corrected chi connectivity index (χ4v) is 3.63. The lowest BCUT2D eigenvalue weighted by Crippen LogP contribution is -2.34. The van der Waals surface area contributed by atoms with Gasteiger partial charge >= 0.3 is 0 Å². The van der Waals surface area contributed by atoms with Crippen molar-refractivity contribution >= 4 is 23.0 Å². The SMILES string of the molecule is CCCCc1ccc(NC(=S)NC2CCCc3ccccc32)cc1. The summed E-state index contributed by atoms with van der Waals surface area (Å²) in [5.41, 5.74) is 5.28. The summed E-state index contributed by atoms with van der Waals surface area (Å²) in [5, 5.41) is 7.52. The molecule has 1 atom stereocenters. The van der Waals surface area contributed by atoms with Gasteiger partial charge in [0.2, 0.25) is 0 Å². The highest BCUT2D eigenvalue weighted by atomic mass is 32.1. The first kappa shape index (κ1) is 17.0. The van der Waals surface area contributed by atoms with Crippen molar-refractivity contribution in [2.45, 2.75) is 51.5 Å². The molecule has 0 aromatic heterocycles. The maximum Gasteiger partial charge on any atom is 0.171 e. The van der Waals surface area contributed by atoms with E-state index in [9.17, 15) is 0 Å². The zero-order valence-electron chi connectivity index (χ0n) is 14.3. The van der Waals surface area contributed by atoms with Crippen molar-refractivity contribution in [1.82, 2.24) is 5.32 Å². The normalized spacial score (nSPS) is 16.3. The number of hydrogen-bond donors (Lipinski definition) is 2. The van der Waals surface area contributed by atoms with Gasteiger partial charge in [0.25, 0.3) is 0 Å². The number of hydrogen-bond acceptors (Lipinski definition) is 1. The van der Waals surface area contributed by atoms with E-state index >= 15 is 0 Å². The van der Waals surface area contributed by atoms with Crippen LogP contribution < -0.4 is 10.6 Å². The molecule has 0 saturated carbocycles. The number of fused-ring (bicyclic) bond motifs is 1. The zero-order chi connectivity index (χ0) is 16.8. The van der Waals surface area contributed by atoms with Crippen LogP contribution in [0.2, 0.25) is 0 Å². The monoisotopic (exact) mass is 338 g/mol. The molecule has 3 heteroatoms. The number of benzene rings is 2. The molecule has 2 N–H and O–H groups in total. The number of nitrogens with one attached hydrogen (secondary N) is 2. The summed E-state index contributed by atoms with van der Waals surface area (Å²) in [5.74, 6) is 0. The van der Waals surface area contributed by atoms with Crippen molar-refractivity contribution in [3.05, 3.63) is 65.2 Å². The van der Waals surface area contributed by atoms with Crippen LogP contribution in [0.4, 0.5) is 5.69 Å². The minimum Gasteiger partial charge on any atom is -0.356 e. The Bertz CT molecular complexity index is 678. The molecule has 0 heterocycles. The maximum absolute atomic E-state index is 5.53. The van der Waals surface area contributed by atoms with Crippen LogP contribution >= 0.6 is 12.2 Å². The third-order valence-corrected chi connectivity index (χ3v) is 4.93. The molecule has 2 aromatic carbocycles. The molecule has 126 valence electrons. The van der Waals surface area contributed by atoms with Crippen molar-refractivity contribution in [2.24, 2.45) is 0 Å². The van der Waals surface area contributed by atoms with Crippen LogP contribution in [0, 0.1) is 0 Å². The van der Waals surface area contributed by atoms with E-state index in [2.05, 4.69) is 66.1 Å². The standard InChI is InChI=1S/C21H26N2S/c1-2-3-7-16-12-14-18(15-13-16)22-21(24)23-20-11-6-9-17-8-4-5-10-19(17)20/h4-5,8,10,12-15,20H,2-3,6-7,9,11H2,1H3,(H2,22,23,24). The molecule has 0 fully saturated rings. The highest BCUT2D eigenvalue weighted by molar-refractivity contribution is 7.80. The Kier molecular flexibility index (Phi) is 5.86. The molecule has 0 amide bonds. The Morgan fingerprint density at radius 2 is 1.92 bits per heavy atom. The molecule has 2 nitrogen and oxygen atoms in total. The van der Waals surface area contributed by atoms with Gasteiger partial charge in [-0.25, -0.2) is 0 Å². The molecule has 0 aliphatic heterocycles. The van der Waals surface area contributed by atoms with Gasteiger partial charge in [-0.05, 0) is 73.1 Å². The van der Waals surface area contributed by atoms with Crippen LogP contribution in [-0.2, 0) is 12.8 Å². The Morgan fingerprint density at radius 1 is 1.12 bits per heavy atom. The van der Waals surface area contributed by atoms with Gasteiger partial charge in [0.1, 0.15) is 0 Å². The zero-order valence-corrected chi connectivity index (χ0v) is 15.2. The molecule has 3 rings (SSSR count). The van der Waals surface area contributed by atoms with Gasteiger partial charge < -0.3 is 10.6 Å². The second kappa shape index (κ2) is 8.29. The smallest absolute Gasteiger partial charge is 0.171 e. The molecule has 1 aliphatic rings. The number of anilines is 1. The highest BCUT2D eigenvalue weighted by Crippen LogP contribution is 2.29. The minimum absolute atomic E-state index is 0.318. The first-order valence-electron chi connectivity index (χ1n) is 9.00. The average molecular weight is 339 g/mol. The second-order valence-electron chi connectivity index (χ2n) is 6.54. The minimum atomic E-state index is 0.318. The van der Waals surface area contributed by atoms with E-state index < -0.39 is 0 Å². The fourth-order valence-electron chi connectivity index (χ4n) is 3.36. The number of unbranched alkanes of at least 4 members (excludes halogenated alkanes) is 1. The van der Waals surface area contributed by atoms with E-state index in [4.69, 9.17) is 12.2 Å². The second-order valence-corrected chi connectivity index (χ2v) is 6.95. The lowest BCUT2D eigenvalue weighted by molar-refractivity contribution is 0.529. The van der Waals surface area contributed by atoms with Crippen LogP contribution in [0.5, 0.6) is 0 Å². The maximum atomic E-state index is 5.53. The lowest BCUT2D eigenvalue weighted by atomic mass is 9.88. The Labute approximate surface area is 150 Å². The van der Waals surface area contributed by atoms with Gasteiger partial charge in [0.15, 0.2) is 5.11 Å². The molecular weight excluding hydrogens is 312 g/mol. The molecule has 2 aromatic rings. The van der Waals surface area contributed by atoms with Gasteiger partial charge in [-0.15, -0.1) is 0 Å². The van der Waals surface area contributed by atoms with Crippen molar-refractivity contribution in [3.63, 3.8) is 0 Å². The van der Waals surface area contributed by atoms with E-state index in [-0.39, 0.29) is 0 Å². The molecule has 0 radical (unpaired) electrons. The first-order valence-corrected chi connectivity index (χ1v) is 9.41. The summed E-state index contributed by atoms with van der Waals surface area (Å²) in [7, 11) is 0. The van der Waals surface area contributed by atoms with Crippen LogP contribution in [0.1, 0.15) is 55.3 Å². The van der Waals surface area contributed by atoms with E-state index in [1.165, 1.54) is 42.4 Å². The van der Waals surface area contributed by atoms with Gasteiger partial charge in [-0.1, -0.05) is 49.7 Å².